The summed E-state index contributed by atoms with van der Waals surface area (Å²) in [4.78, 5) is 33.0. The van der Waals surface area contributed by atoms with Gasteiger partial charge in [0, 0.05) is 0 Å². The average molecular weight is 261 g/mol. The molecule has 0 radical (unpaired) electrons. The van der Waals surface area contributed by atoms with Crippen molar-refractivity contribution >= 4 is 17.8 Å². The summed E-state index contributed by atoms with van der Waals surface area (Å²) in [6.45, 7) is 0.324. The first kappa shape index (κ1) is 16.3. The lowest BCUT2D eigenvalue weighted by Gasteiger charge is -2.18. The summed E-state index contributed by atoms with van der Waals surface area (Å²) in [7, 11) is 1.43. The van der Waals surface area contributed by atoms with Crippen LogP contribution in [0.3, 0.4) is 0 Å². The smallest absolute Gasteiger partial charge is 0.326 e. The Labute approximate surface area is 105 Å². The van der Waals surface area contributed by atoms with Gasteiger partial charge in [0.1, 0.15) is 6.04 Å². The molecule has 8 heteroatoms. The Morgan fingerprint density at radius 1 is 1.22 bits per heavy atom. The van der Waals surface area contributed by atoms with Crippen LogP contribution in [0.2, 0.25) is 0 Å². The third-order valence-corrected chi connectivity index (χ3v) is 2.36. The number of carboxylic acids is 2. The van der Waals surface area contributed by atoms with Gasteiger partial charge >= 0.3 is 11.9 Å². The molecule has 6 N–H and O–H groups in total. The van der Waals surface area contributed by atoms with Gasteiger partial charge in [0.2, 0.25) is 5.91 Å². The molecule has 0 aliphatic rings. The number of nitrogens with one attached hydrogen (secondary N) is 2. The Kier molecular flexibility index (Phi) is 7.64. The van der Waals surface area contributed by atoms with Crippen molar-refractivity contribution in [1.29, 1.82) is 0 Å². The molecule has 0 saturated carbocycles. The van der Waals surface area contributed by atoms with Crippen LogP contribution in [0.4, 0.5) is 0 Å². The second-order valence-corrected chi connectivity index (χ2v) is 3.77. The lowest BCUT2D eigenvalue weighted by atomic mass is 10.1. The summed E-state index contributed by atoms with van der Waals surface area (Å²) >= 11 is 0. The molecule has 18 heavy (non-hydrogen) atoms. The van der Waals surface area contributed by atoms with Crippen molar-refractivity contribution in [3.8, 4) is 0 Å². The largest absolute Gasteiger partial charge is 0.481 e. The van der Waals surface area contributed by atoms with E-state index in [0.717, 1.165) is 0 Å². The predicted molar refractivity (Wildman–Crippen MR) is 63.0 cm³/mol. The molecule has 0 aromatic heterocycles. The number of nitrogens with two attached hydrogens (primary N) is 1. The van der Waals surface area contributed by atoms with Crippen molar-refractivity contribution < 1.29 is 24.6 Å². The number of carbonyl (C=O) groups excluding carboxylic acids is 1. The zero-order valence-corrected chi connectivity index (χ0v) is 10.2. The van der Waals surface area contributed by atoms with Crippen LogP contribution >= 0.6 is 0 Å². The van der Waals surface area contributed by atoms with Gasteiger partial charge in [0.25, 0.3) is 0 Å². The Hall–Kier alpha value is -1.67. The monoisotopic (exact) mass is 261 g/mol. The van der Waals surface area contributed by atoms with Crippen molar-refractivity contribution in [2.45, 2.75) is 31.3 Å². The zero-order chi connectivity index (χ0) is 14.1. The molecule has 0 heterocycles. The summed E-state index contributed by atoms with van der Waals surface area (Å²) in [5, 5.41) is 22.3. The number of likely N-dealkylation sites (N-methyl/N-ethyl adjacent to an activating group) is 1. The minimum absolute atomic E-state index is 0.209. The molecular weight excluding hydrogens is 242 g/mol. The lowest BCUT2D eigenvalue weighted by Crippen LogP contribution is -2.50. The van der Waals surface area contributed by atoms with Crippen LogP contribution in [0, 0.1) is 0 Å². The van der Waals surface area contributed by atoms with E-state index in [1.807, 2.05) is 0 Å². The second kappa shape index (κ2) is 8.43. The molecule has 0 aliphatic heterocycles. The summed E-state index contributed by atoms with van der Waals surface area (Å²) in [6.07, 6.45) is 0.257. The van der Waals surface area contributed by atoms with Crippen molar-refractivity contribution in [1.82, 2.24) is 10.6 Å². The number of hydrogen-bond acceptors (Lipinski definition) is 5. The number of hydrogen-bond donors (Lipinski definition) is 5. The van der Waals surface area contributed by atoms with Gasteiger partial charge in [-0.05, 0) is 26.4 Å². The molecule has 1 amide bonds. The fraction of sp³-hybridized carbons (Fsp3) is 0.700. The van der Waals surface area contributed by atoms with Gasteiger partial charge < -0.3 is 26.6 Å². The molecule has 0 aromatic rings. The number of rotatable bonds is 9. The molecule has 0 unspecified atom stereocenters. The van der Waals surface area contributed by atoms with Crippen LogP contribution in [0.1, 0.15) is 19.3 Å². The van der Waals surface area contributed by atoms with Crippen LogP contribution in [0.15, 0.2) is 0 Å². The van der Waals surface area contributed by atoms with Gasteiger partial charge in [-0.25, -0.2) is 4.79 Å². The normalized spacial score (nSPS) is 13.7. The molecule has 2 atom stereocenters. The molecular formula is C10H19N3O5. The van der Waals surface area contributed by atoms with E-state index in [9.17, 15) is 14.4 Å². The van der Waals surface area contributed by atoms with Gasteiger partial charge in [-0.3, -0.25) is 9.59 Å². The fourth-order valence-corrected chi connectivity index (χ4v) is 1.35. The molecule has 0 bridgehead atoms. The van der Waals surface area contributed by atoms with Crippen LogP contribution < -0.4 is 16.4 Å². The summed E-state index contributed by atoms with van der Waals surface area (Å²) in [5.74, 6) is -2.95. The first-order valence-electron chi connectivity index (χ1n) is 5.54. The quantitative estimate of drug-likeness (QED) is 0.335. The molecule has 0 saturated heterocycles. The average Bonchev–Trinajstić information content (AvgIpc) is 2.30. The maximum absolute atomic E-state index is 11.7. The van der Waals surface area contributed by atoms with E-state index in [-0.39, 0.29) is 6.42 Å². The van der Waals surface area contributed by atoms with Crippen LogP contribution in [0.25, 0.3) is 0 Å². The van der Waals surface area contributed by atoms with E-state index in [0.29, 0.717) is 13.0 Å². The standard InChI is InChI=1S/C10H19N3O5/c1-12-7(5-8(14)15)9(16)13-6(10(17)18)3-2-4-11/h6-7,12H,2-5,11H2,1H3,(H,13,16)(H,14,15)(H,17,18)/t6-,7-/m0/s1. The van der Waals surface area contributed by atoms with Crippen LogP contribution in [-0.4, -0.2) is 53.7 Å². The first-order valence-corrected chi connectivity index (χ1v) is 5.54. The van der Waals surface area contributed by atoms with Crippen LogP contribution in [-0.2, 0) is 14.4 Å². The maximum atomic E-state index is 11.7. The molecule has 0 aromatic carbocycles. The molecule has 8 nitrogen and oxygen atoms in total. The second-order valence-electron chi connectivity index (χ2n) is 3.77. The highest BCUT2D eigenvalue weighted by Crippen LogP contribution is 1.99. The highest BCUT2D eigenvalue weighted by atomic mass is 16.4. The van der Waals surface area contributed by atoms with Crippen molar-refractivity contribution in [2.75, 3.05) is 13.6 Å². The Bertz CT molecular complexity index is 308. The molecule has 0 rings (SSSR count). The molecule has 104 valence electrons. The van der Waals surface area contributed by atoms with Crippen molar-refractivity contribution in [3.63, 3.8) is 0 Å². The number of aliphatic carboxylic acids is 2. The van der Waals surface area contributed by atoms with Gasteiger partial charge in [-0.15, -0.1) is 0 Å². The SMILES string of the molecule is CN[C@@H](CC(=O)O)C(=O)N[C@@H](CCCN)C(=O)O. The number of carboxylic acid groups (broad SMARTS) is 2. The first-order chi connectivity index (χ1) is 8.42. The summed E-state index contributed by atoms with van der Waals surface area (Å²) in [5.41, 5.74) is 5.26. The van der Waals surface area contributed by atoms with Gasteiger partial charge in [0.05, 0.1) is 12.5 Å². The van der Waals surface area contributed by atoms with Crippen molar-refractivity contribution in [3.05, 3.63) is 0 Å². The lowest BCUT2D eigenvalue weighted by molar-refractivity contribution is -0.143. The summed E-state index contributed by atoms with van der Waals surface area (Å²) in [6, 6.07) is -2.01. The summed E-state index contributed by atoms with van der Waals surface area (Å²) < 4.78 is 0. The number of carbonyl (C=O) groups is 3. The number of amides is 1. The molecule has 0 spiro atoms. The van der Waals surface area contributed by atoms with E-state index in [2.05, 4.69) is 10.6 Å². The van der Waals surface area contributed by atoms with E-state index in [1.165, 1.54) is 7.05 Å². The third-order valence-electron chi connectivity index (χ3n) is 2.36. The highest BCUT2D eigenvalue weighted by Gasteiger charge is 2.25. The molecule has 0 aliphatic carbocycles. The zero-order valence-electron chi connectivity index (χ0n) is 10.2. The van der Waals surface area contributed by atoms with Gasteiger partial charge in [0.15, 0.2) is 0 Å². The highest BCUT2D eigenvalue weighted by molar-refractivity contribution is 5.89. The van der Waals surface area contributed by atoms with Gasteiger partial charge in [-0.1, -0.05) is 0 Å². The minimum Gasteiger partial charge on any atom is -0.481 e. The van der Waals surface area contributed by atoms with E-state index in [1.54, 1.807) is 0 Å². The Morgan fingerprint density at radius 3 is 2.22 bits per heavy atom. The van der Waals surface area contributed by atoms with E-state index >= 15 is 0 Å². The fourth-order valence-electron chi connectivity index (χ4n) is 1.35. The Balaban J connectivity index is 4.46. The van der Waals surface area contributed by atoms with E-state index in [4.69, 9.17) is 15.9 Å². The topological polar surface area (TPSA) is 142 Å². The Morgan fingerprint density at radius 2 is 1.83 bits per heavy atom. The van der Waals surface area contributed by atoms with E-state index < -0.39 is 36.4 Å². The van der Waals surface area contributed by atoms with Crippen molar-refractivity contribution in [2.24, 2.45) is 5.73 Å². The predicted octanol–water partition coefficient (Wildman–Crippen LogP) is -1.64. The minimum atomic E-state index is -1.16. The maximum Gasteiger partial charge on any atom is 0.326 e. The molecule has 0 fully saturated rings. The van der Waals surface area contributed by atoms with Gasteiger partial charge in [-0.2, -0.15) is 0 Å². The van der Waals surface area contributed by atoms with Crippen LogP contribution in [0.5, 0.6) is 0 Å². The third kappa shape index (κ3) is 6.16.